The Labute approximate surface area is 135 Å². The molecule has 3 rings (SSSR count). The number of hydrogen-bond donors (Lipinski definition) is 1. The average molecular weight is 354 g/mol. The van der Waals surface area contributed by atoms with Crippen molar-refractivity contribution in [2.24, 2.45) is 0 Å². The van der Waals surface area contributed by atoms with E-state index in [0.29, 0.717) is 6.04 Å². The Kier molecular flexibility index (Phi) is 4.52. The van der Waals surface area contributed by atoms with Gasteiger partial charge in [0.25, 0.3) is 0 Å². The van der Waals surface area contributed by atoms with E-state index in [1.54, 1.807) is 0 Å². The molecular weight excluding hydrogens is 330 g/mol. The third-order valence-corrected chi connectivity index (χ3v) is 4.95. The lowest BCUT2D eigenvalue weighted by Crippen LogP contribution is -2.48. The lowest BCUT2D eigenvalue weighted by Gasteiger charge is -2.40. The normalized spacial score (nSPS) is 26.1. The average Bonchev–Trinajstić information content (AvgIpc) is 3.29. The second-order valence-corrected chi connectivity index (χ2v) is 7.39. The summed E-state index contributed by atoms with van der Waals surface area (Å²) in [5.41, 5.74) is 1.21. The molecule has 1 aliphatic carbocycles. The van der Waals surface area contributed by atoms with E-state index < -0.39 is 0 Å². The summed E-state index contributed by atoms with van der Waals surface area (Å²) in [5, 5.41) is 3.60. The van der Waals surface area contributed by atoms with Gasteiger partial charge in [0.05, 0.1) is 5.60 Å². The number of hydrogen-bond acceptors (Lipinski definition) is 4. The van der Waals surface area contributed by atoms with E-state index in [2.05, 4.69) is 44.1 Å². The molecule has 21 heavy (non-hydrogen) atoms. The van der Waals surface area contributed by atoms with Crippen molar-refractivity contribution in [3.63, 3.8) is 0 Å². The van der Waals surface area contributed by atoms with Crippen LogP contribution in [0.2, 0.25) is 0 Å². The number of pyridine rings is 1. The second-order valence-electron chi connectivity index (χ2n) is 6.47. The maximum atomic E-state index is 5.71. The highest BCUT2D eigenvalue weighted by atomic mass is 79.9. The molecule has 2 heterocycles. The maximum absolute atomic E-state index is 5.71. The zero-order chi connectivity index (χ0) is 14.9. The van der Waals surface area contributed by atoms with Crippen LogP contribution in [0.3, 0.4) is 0 Å². The van der Waals surface area contributed by atoms with E-state index in [4.69, 9.17) is 4.74 Å². The number of rotatable bonds is 5. The molecule has 4 nitrogen and oxygen atoms in total. The fraction of sp³-hybridized carbons (Fsp3) is 0.688. The lowest BCUT2D eigenvalue weighted by molar-refractivity contribution is -0.00485. The number of anilines is 1. The van der Waals surface area contributed by atoms with Crippen molar-refractivity contribution in [3.05, 3.63) is 22.3 Å². The molecule has 116 valence electrons. The SMILES string of the molecule is COC1(C)CCCN(c2ncc(Br)cc2CNC2CC2)C1. The van der Waals surface area contributed by atoms with Gasteiger partial charge in [-0.15, -0.1) is 0 Å². The molecule has 0 amide bonds. The molecular formula is C16H24BrN3O. The summed E-state index contributed by atoms with van der Waals surface area (Å²) in [7, 11) is 1.81. The van der Waals surface area contributed by atoms with Crippen molar-refractivity contribution >= 4 is 21.7 Å². The van der Waals surface area contributed by atoms with Crippen LogP contribution in [0.15, 0.2) is 16.7 Å². The van der Waals surface area contributed by atoms with Gasteiger partial charge in [-0.05, 0) is 54.6 Å². The van der Waals surface area contributed by atoms with E-state index >= 15 is 0 Å². The number of ether oxygens (including phenoxy) is 1. The summed E-state index contributed by atoms with van der Waals surface area (Å²) in [4.78, 5) is 7.06. The first-order valence-electron chi connectivity index (χ1n) is 7.77. The zero-order valence-electron chi connectivity index (χ0n) is 12.9. The van der Waals surface area contributed by atoms with Crippen LogP contribution in [-0.4, -0.2) is 36.8 Å². The molecule has 2 fully saturated rings. The molecule has 1 aromatic heterocycles. The zero-order valence-corrected chi connectivity index (χ0v) is 14.4. The molecule has 1 unspecified atom stereocenters. The van der Waals surface area contributed by atoms with Gasteiger partial charge in [-0.3, -0.25) is 0 Å². The van der Waals surface area contributed by atoms with Gasteiger partial charge in [0.2, 0.25) is 0 Å². The minimum Gasteiger partial charge on any atom is -0.377 e. The highest BCUT2D eigenvalue weighted by molar-refractivity contribution is 9.10. The molecule has 0 aromatic carbocycles. The van der Waals surface area contributed by atoms with Crippen LogP contribution in [0.1, 0.15) is 38.2 Å². The Morgan fingerprint density at radius 1 is 1.52 bits per heavy atom. The van der Waals surface area contributed by atoms with Gasteiger partial charge in [0.1, 0.15) is 5.82 Å². The Morgan fingerprint density at radius 2 is 2.33 bits per heavy atom. The highest BCUT2D eigenvalue weighted by Crippen LogP contribution is 2.30. The summed E-state index contributed by atoms with van der Waals surface area (Å²) in [6, 6.07) is 2.90. The van der Waals surface area contributed by atoms with Gasteiger partial charge < -0.3 is 15.0 Å². The van der Waals surface area contributed by atoms with Crippen LogP contribution >= 0.6 is 15.9 Å². The largest absolute Gasteiger partial charge is 0.377 e. The summed E-state index contributed by atoms with van der Waals surface area (Å²) < 4.78 is 6.75. The Hall–Kier alpha value is -0.650. The second kappa shape index (κ2) is 6.23. The third kappa shape index (κ3) is 3.76. The number of nitrogens with zero attached hydrogens (tertiary/aromatic N) is 2. The fourth-order valence-electron chi connectivity index (χ4n) is 2.98. The Bertz CT molecular complexity index is 506. The van der Waals surface area contributed by atoms with E-state index in [1.807, 2.05) is 13.3 Å². The molecule has 1 saturated carbocycles. The molecule has 2 aliphatic rings. The first-order chi connectivity index (χ1) is 10.1. The summed E-state index contributed by atoms with van der Waals surface area (Å²) in [6.45, 7) is 5.06. The summed E-state index contributed by atoms with van der Waals surface area (Å²) in [5.74, 6) is 1.11. The van der Waals surface area contributed by atoms with Crippen LogP contribution in [0, 0.1) is 0 Å². The molecule has 1 N–H and O–H groups in total. The van der Waals surface area contributed by atoms with Gasteiger partial charge in [0, 0.05) is 49.0 Å². The van der Waals surface area contributed by atoms with E-state index in [1.165, 1.54) is 18.4 Å². The summed E-state index contributed by atoms with van der Waals surface area (Å²) in [6.07, 6.45) is 6.78. The number of aromatic nitrogens is 1. The number of nitrogens with one attached hydrogen (secondary N) is 1. The molecule has 0 bridgehead atoms. The quantitative estimate of drug-likeness (QED) is 0.882. The number of piperidine rings is 1. The van der Waals surface area contributed by atoms with Crippen molar-refractivity contribution in [1.82, 2.24) is 10.3 Å². The standard InChI is InChI=1S/C16H24BrN3O/c1-16(21-2)6-3-7-20(11-16)15-12(8-13(17)10-19-15)9-18-14-4-5-14/h8,10,14,18H,3-7,9,11H2,1-2H3. The molecule has 1 aromatic rings. The third-order valence-electron chi connectivity index (χ3n) is 4.52. The minimum atomic E-state index is -0.0613. The Balaban J connectivity index is 1.79. The molecule has 0 spiro atoms. The van der Waals surface area contributed by atoms with Crippen molar-refractivity contribution in [2.75, 3.05) is 25.1 Å². The first-order valence-corrected chi connectivity index (χ1v) is 8.57. The topological polar surface area (TPSA) is 37.4 Å². The van der Waals surface area contributed by atoms with Crippen molar-refractivity contribution < 1.29 is 4.74 Å². The smallest absolute Gasteiger partial charge is 0.133 e. The molecule has 1 saturated heterocycles. The van der Waals surface area contributed by atoms with Crippen LogP contribution in [0.5, 0.6) is 0 Å². The van der Waals surface area contributed by atoms with Gasteiger partial charge in [-0.25, -0.2) is 4.98 Å². The molecule has 1 aliphatic heterocycles. The van der Waals surface area contributed by atoms with Crippen molar-refractivity contribution in [3.8, 4) is 0 Å². The fourth-order valence-corrected chi connectivity index (χ4v) is 3.36. The van der Waals surface area contributed by atoms with Crippen LogP contribution < -0.4 is 10.2 Å². The van der Waals surface area contributed by atoms with Gasteiger partial charge >= 0.3 is 0 Å². The minimum absolute atomic E-state index is 0.0613. The highest BCUT2D eigenvalue weighted by Gasteiger charge is 2.32. The van der Waals surface area contributed by atoms with Crippen molar-refractivity contribution in [2.45, 2.75) is 50.8 Å². The Morgan fingerprint density at radius 3 is 3.05 bits per heavy atom. The van der Waals surface area contributed by atoms with Crippen LogP contribution in [-0.2, 0) is 11.3 Å². The van der Waals surface area contributed by atoms with Gasteiger partial charge in [-0.1, -0.05) is 0 Å². The molecule has 0 radical (unpaired) electrons. The summed E-state index contributed by atoms with van der Waals surface area (Å²) >= 11 is 3.55. The monoisotopic (exact) mass is 353 g/mol. The first kappa shape index (κ1) is 15.3. The lowest BCUT2D eigenvalue weighted by atomic mass is 9.94. The van der Waals surface area contributed by atoms with Crippen LogP contribution in [0.4, 0.5) is 5.82 Å². The number of methoxy groups -OCH3 is 1. The van der Waals surface area contributed by atoms with Crippen molar-refractivity contribution in [1.29, 1.82) is 0 Å². The molecule has 5 heteroatoms. The van der Waals surface area contributed by atoms with E-state index in [0.717, 1.165) is 42.8 Å². The van der Waals surface area contributed by atoms with Crippen LogP contribution in [0.25, 0.3) is 0 Å². The van der Waals surface area contributed by atoms with Gasteiger partial charge in [-0.2, -0.15) is 0 Å². The maximum Gasteiger partial charge on any atom is 0.133 e. The van der Waals surface area contributed by atoms with E-state index in [9.17, 15) is 0 Å². The molecule has 1 atom stereocenters. The van der Waals surface area contributed by atoms with E-state index in [-0.39, 0.29) is 5.60 Å². The predicted molar refractivity (Wildman–Crippen MR) is 88.7 cm³/mol. The number of halogens is 1. The predicted octanol–water partition coefficient (Wildman–Crippen LogP) is 3.10. The van der Waals surface area contributed by atoms with Gasteiger partial charge in [0.15, 0.2) is 0 Å².